The molecule has 5 nitrogen and oxygen atoms in total. The first kappa shape index (κ1) is 20.3. The molecule has 0 heterocycles. The summed E-state index contributed by atoms with van der Waals surface area (Å²) in [5.74, 6) is -0.681. The van der Waals surface area contributed by atoms with Crippen molar-refractivity contribution in [1.29, 1.82) is 0 Å². The molecule has 0 spiro atoms. The fourth-order valence-corrected chi connectivity index (χ4v) is 2.40. The number of nitrogens with one attached hydrogen (secondary N) is 3. The maximum absolute atomic E-state index is 12.9. The molecule has 0 unspecified atom stereocenters. The molecule has 0 aromatic heterocycles. The van der Waals surface area contributed by atoms with Crippen LogP contribution >= 0.6 is 0 Å². The standard InChI is InChI=1S/C19H20F3N3O2/c1-2-23-17(26)11-13-7-9-14(10-8-13)24-12-18(27)25-16-6-4-3-5-15(16)19(20,21)22/h3-10,24H,2,11-12H2,1H3,(H,23,26)(H,25,27). The van der Waals surface area contributed by atoms with Crippen molar-refractivity contribution in [1.82, 2.24) is 5.32 Å². The van der Waals surface area contributed by atoms with E-state index in [0.29, 0.717) is 12.2 Å². The van der Waals surface area contributed by atoms with Gasteiger partial charge >= 0.3 is 6.18 Å². The number of carbonyl (C=O) groups excluding carboxylic acids is 2. The second-order valence-corrected chi connectivity index (χ2v) is 5.77. The van der Waals surface area contributed by atoms with Crippen LogP contribution in [-0.4, -0.2) is 24.9 Å². The molecule has 0 aliphatic carbocycles. The average molecular weight is 379 g/mol. The lowest BCUT2D eigenvalue weighted by Gasteiger charge is -2.14. The maximum atomic E-state index is 12.9. The van der Waals surface area contributed by atoms with Gasteiger partial charge in [-0.15, -0.1) is 0 Å². The monoisotopic (exact) mass is 379 g/mol. The molecule has 3 N–H and O–H groups in total. The fraction of sp³-hybridized carbons (Fsp3) is 0.263. The number of amides is 2. The highest BCUT2D eigenvalue weighted by Crippen LogP contribution is 2.34. The van der Waals surface area contributed by atoms with Crippen LogP contribution in [-0.2, 0) is 22.2 Å². The summed E-state index contributed by atoms with van der Waals surface area (Å²) < 4.78 is 38.8. The SMILES string of the molecule is CCNC(=O)Cc1ccc(NCC(=O)Nc2ccccc2C(F)(F)F)cc1. The second kappa shape index (κ2) is 9.07. The van der Waals surface area contributed by atoms with E-state index < -0.39 is 17.6 Å². The van der Waals surface area contributed by atoms with Gasteiger partial charge in [-0.25, -0.2) is 0 Å². The number of carbonyl (C=O) groups is 2. The molecule has 0 atom stereocenters. The van der Waals surface area contributed by atoms with Gasteiger partial charge < -0.3 is 16.0 Å². The first-order valence-corrected chi connectivity index (χ1v) is 8.35. The molecule has 2 aromatic rings. The molecule has 27 heavy (non-hydrogen) atoms. The molecular formula is C19H20F3N3O2. The minimum absolute atomic E-state index is 0.0825. The third-order valence-corrected chi connectivity index (χ3v) is 3.65. The predicted molar refractivity (Wildman–Crippen MR) is 97.4 cm³/mol. The zero-order valence-corrected chi connectivity index (χ0v) is 14.7. The van der Waals surface area contributed by atoms with Gasteiger partial charge in [0.25, 0.3) is 0 Å². The minimum atomic E-state index is -4.54. The van der Waals surface area contributed by atoms with Crippen LogP contribution in [0.5, 0.6) is 0 Å². The van der Waals surface area contributed by atoms with E-state index in [1.54, 1.807) is 24.3 Å². The lowest BCUT2D eigenvalue weighted by molar-refractivity contribution is -0.137. The summed E-state index contributed by atoms with van der Waals surface area (Å²) in [7, 11) is 0. The van der Waals surface area contributed by atoms with Crippen LogP contribution < -0.4 is 16.0 Å². The van der Waals surface area contributed by atoms with Crippen molar-refractivity contribution < 1.29 is 22.8 Å². The van der Waals surface area contributed by atoms with E-state index in [1.807, 2.05) is 6.92 Å². The molecule has 0 radical (unpaired) electrons. The molecule has 0 fully saturated rings. The molecule has 2 amide bonds. The Morgan fingerprint density at radius 3 is 2.26 bits per heavy atom. The van der Waals surface area contributed by atoms with Crippen LogP contribution in [0.25, 0.3) is 0 Å². The third-order valence-electron chi connectivity index (χ3n) is 3.65. The summed E-state index contributed by atoms with van der Waals surface area (Å²) in [4.78, 5) is 23.5. The summed E-state index contributed by atoms with van der Waals surface area (Å²) in [6, 6.07) is 11.7. The molecule has 0 saturated heterocycles. The number of benzene rings is 2. The lowest BCUT2D eigenvalue weighted by atomic mass is 10.1. The van der Waals surface area contributed by atoms with Crippen LogP contribution in [0.4, 0.5) is 24.5 Å². The maximum Gasteiger partial charge on any atom is 0.418 e. The Morgan fingerprint density at radius 2 is 1.63 bits per heavy atom. The smallest absolute Gasteiger partial charge is 0.376 e. The summed E-state index contributed by atoms with van der Waals surface area (Å²) in [6.07, 6.45) is -4.29. The number of alkyl halides is 3. The van der Waals surface area contributed by atoms with Crippen molar-refractivity contribution in [3.8, 4) is 0 Å². The first-order valence-electron chi connectivity index (χ1n) is 8.35. The van der Waals surface area contributed by atoms with Crippen LogP contribution in [0.15, 0.2) is 48.5 Å². The normalized spacial score (nSPS) is 11.0. The van der Waals surface area contributed by atoms with E-state index >= 15 is 0 Å². The van der Waals surface area contributed by atoms with Gasteiger partial charge in [0.1, 0.15) is 0 Å². The molecule has 2 rings (SSSR count). The number of likely N-dealkylation sites (N-methyl/N-ethyl adjacent to an activating group) is 1. The van der Waals surface area contributed by atoms with Crippen LogP contribution in [0.1, 0.15) is 18.1 Å². The van der Waals surface area contributed by atoms with Gasteiger partial charge in [0.05, 0.1) is 24.2 Å². The molecule has 8 heteroatoms. The molecule has 0 aliphatic heterocycles. The molecule has 0 bridgehead atoms. The van der Waals surface area contributed by atoms with E-state index in [2.05, 4.69) is 16.0 Å². The zero-order chi connectivity index (χ0) is 19.9. The number of para-hydroxylation sites is 1. The Morgan fingerprint density at radius 1 is 0.963 bits per heavy atom. The third kappa shape index (κ3) is 6.32. The van der Waals surface area contributed by atoms with E-state index in [-0.39, 0.29) is 24.6 Å². The zero-order valence-electron chi connectivity index (χ0n) is 14.7. The van der Waals surface area contributed by atoms with Crippen LogP contribution in [0, 0.1) is 0 Å². The quantitative estimate of drug-likeness (QED) is 0.690. The summed E-state index contributed by atoms with van der Waals surface area (Å²) in [5, 5.41) is 7.80. The highest BCUT2D eigenvalue weighted by Gasteiger charge is 2.33. The van der Waals surface area contributed by atoms with Crippen molar-refractivity contribution >= 4 is 23.2 Å². The topological polar surface area (TPSA) is 70.2 Å². The number of hydrogen-bond donors (Lipinski definition) is 3. The number of halogens is 3. The molecule has 0 aliphatic rings. The number of rotatable bonds is 7. The Balaban J connectivity index is 1.90. The lowest BCUT2D eigenvalue weighted by Crippen LogP contribution is -2.24. The largest absolute Gasteiger partial charge is 0.418 e. The van der Waals surface area contributed by atoms with Crippen molar-refractivity contribution in [2.75, 3.05) is 23.7 Å². The van der Waals surface area contributed by atoms with Crippen molar-refractivity contribution in [3.05, 3.63) is 59.7 Å². The van der Waals surface area contributed by atoms with Crippen molar-refractivity contribution in [2.45, 2.75) is 19.5 Å². The Bertz CT molecular complexity index is 790. The highest BCUT2D eigenvalue weighted by molar-refractivity contribution is 5.94. The van der Waals surface area contributed by atoms with Gasteiger partial charge in [-0.3, -0.25) is 9.59 Å². The summed E-state index contributed by atoms with van der Waals surface area (Å²) in [6.45, 7) is 2.20. The predicted octanol–water partition coefficient (Wildman–Crippen LogP) is 3.43. The Kier molecular flexibility index (Phi) is 6.81. The summed E-state index contributed by atoms with van der Waals surface area (Å²) >= 11 is 0. The first-order chi connectivity index (χ1) is 12.8. The number of hydrogen-bond acceptors (Lipinski definition) is 3. The van der Waals surface area contributed by atoms with Crippen LogP contribution in [0.3, 0.4) is 0 Å². The van der Waals surface area contributed by atoms with Gasteiger partial charge in [-0.1, -0.05) is 24.3 Å². The summed E-state index contributed by atoms with van der Waals surface area (Å²) in [5.41, 5.74) is 0.256. The van der Waals surface area contributed by atoms with Crippen LogP contribution in [0.2, 0.25) is 0 Å². The molecular weight excluding hydrogens is 359 g/mol. The molecule has 2 aromatic carbocycles. The highest BCUT2D eigenvalue weighted by atomic mass is 19.4. The second-order valence-electron chi connectivity index (χ2n) is 5.77. The molecule has 144 valence electrons. The van der Waals surface area contributed by atoms with Gasteiger partial charge in [-0.2, -0.15) is 13.2 Å². The van der Waals surface area contributed by atoms with E-state index in [0.717, 1.165) is 11.6 Å². The van der Waals surface area contributed by atoms with Crippen molar-refractivity contribution in [3.63, 3.8) is 0 Å². The van der Waals surface area contributed by atoms with E-state index in [9.17, 15) is 22.8 Å². The average Bonchev–Trinajstić information content (AvgIpc) is 2.61. The van der Waals surface area contributed by atoms with Gasteiger partial charge in [-0.05, 0) is 36.8 Å². The minimum Gasteiger partial charge on any atom is -0.376 e. The van der Waals surface area contributed by atoms with E-state index in [4.69, 9.17) is 0 Å². The Labute approximate surface area is 155 Å². The molecule has 0 saturated carbocycles. The van der Waals surface area contributed by atoms with Gasteiger partial charge in [0.15, 0.2) is 0 Å². The number of anilines is 2. The Hall–Kier alpha value is -3.03. The fourth-order valence-electron chi connectivity index (χ4n) is 2.40. The van der Waals surface area contributed by atoms with Gasteiger partial charge in [0.2, 0.25) is 11.8 Å². The van der Waals surface area contributed by atoms with Gasteiger partial charge in [0, 0.05) is 12.2 Å². The van der Waals surface area contributed by atoms with Crippen molar-refractivity contribution in [2.24, 2.45) is 0 Å². The van der Waals surface area contributed by atoms with E-state index in [1.165, 1.54) is 18.2 Å².